The summed E-state index contributed by atoms with van der Waals surface area (Å²) in [5.41, 5.74) is 1.70. The lowest BCUT2D eigenvalue weighted by Crippen LogP contribution is -2.19. The minimum absolute atomic E-state index is 0.606. The molecule has 0 saturated heterocycles. The second-order valence-corrected chi connectivity index (χ2v) is 4.40. The molecule has 0 spiro atoms. The zero-order valence-electron chi connectivity index (χ0n) is 12.5. The van der Waals surface area contributed by atoms with Crippen molar-refractivity contribution in [2.45, 2.75) is 6.54 Å². The van der Waals surface area contributed by atoms with Crippen LogP contribution in [-0.4, -0.2) is 39.5 Å². The van der Waals surface area contributed by atoms with E-state index in [1.54, 1.807) is 21.3 Å². The fourth-order valence-electron chi connectivity index (χ4n) is 1.95. The van der Waals surface area contributed by atoms with E-state index in [4.69, 9.17) is 18.6 Å². The van der Waals surface area contributed by atoms with Crippen molar-refractivity contribution in [3.8, 4) is 22.8 Å². The van der Waals surface area contributed by atoms with Gasteiger partial charge in [-0.2, -0.15) is 0 Å². The summed E-state index contributed by atoms with van der Waals surface area (Å²) in [6, 6.07) is 5.60. The van der Waals surface area contributed by atoms with Gasteiger partial charge >= 0.3 is 0 Å². The summed E-state index contributed by atoms with van der Waals surface area (Å²) in [6.45, 7) is 2.01. The Morgan fingerprint density at radius 3 is 2.43 bits per heavy atom. The largest absolute Gasteiger partial charge is 0.497 e. The van der Waals surface area contributed by atoms with Crippen molar-refractivity contribution >= 4 is 0 Å². The van der Waals surface area contributed by atoms with Gasteiger partial charge in [-0.1, -0.05) is 0 Å². The van der Waals surface area contributed by atoms with Gasteiger partial charge in [-0.25, -0.2) is 4.98 Å². The smallest absolute Gasteiger partial charge is 0.181 e. The molecule has 1 heterocycles. The highest BCUT2D eigenvalue weighted by atomic mass is 16.5. The van der Waals surface area contributed by atoms with Crippen LogP contribution < -0.4 is 14.8 Å². The number of oxazole rings is 1. The van der Waals surface area contributed by atoms with Gasteiger partial charge in [0.15, 0.2) is 12.2 Å². The molecule has 6 heteroatoms. The summed E-state index contributed by atoms with van der Waals surface area (Å²) in [5, 5.41) is 3.25. The van der Waals surface area contributed by atoms with E-state index in [0.717, 1.165) is 17.8 Å². The Kier molecular flexibility index (Phi) is 5.59. The summed E-state index contributed by atoms with van der Waals surface area (Å²) in [7, 11) is 4.91. The second kappa shape index (κ2) is 7.66. The van der Waals surface area contributed by atoms with Gasteiger partial charge in [-0.3, -0.25) is 0 Å². The number of nitrogens with zero attached hydrogens (tertiary/aromatic N) is 1. The number of benzene rings is 1. The molecule has 0 saturated carbocycles. The Balaban J connectivity index is 2.20. The zero-order valence-corrected chi connectivity index (χ0v) is 12.5. The molecule has 1 N–H and O–H groups in total. The Morgan fingerprint density at radius 1 is 1.10 bits per heavy atom. The van der Waals surface area contributed by atoms with Crippen molar-refractivity contribution in [3.05, 3.63) is 30.3 Å². The van der Waals surface area contributed by atoms with Crippen molar-refractivity contribution < 1.29 is 18.6 Å². The van der Waals surface area contributed by atoms with E-state index in [0.29, 0.717) is 30.4 Å². The standard InChI is InChI=1S/C15H20N2O4/c1-18-5-4-16-9-14-15(21-10-17-14)11-6-12(19-2)8-13(7-11)20-3/h6-8,10,16H,4-5,9H2,1-3H3. The number of hydrogen-bond acceptors (Lipinski definition) is 6. The number of hydrogen-bond donors (Lipinski definition) is 1. The van der Waals surface area contributed by atoms with Crippen LogP contribution in [0.25, 0.3) is 11.3 Å². The molecule has 0 aliphatic heterocycles. The molecular formula is C15H20N2O4. The average Bonchev–Trinajstić information content (AvgIpc) is 2.99. The predicted octanol–water partition coefficient (Wildman–Crippen LogP) is 2.09. The first-order valence-electron chi connectivity index (χ1n) is 6.64. The predicted molar refractivity (Wildman–Crippen MR) is 78.6 cm³/mol. The average molecular weight is 292 g/mol. The molecule has 0 unspecified atom stereocenters. The molecule has 114 valence electrons. The normalized spacial score (nSPS) is 10.6. The Bertz CT molecular complexity index is 546. The Morgan fingerprint density at radius 2 is 1.81 bits per heavy atom. The maximum atomic E-state index is 5.51. The minimum atomic E-state index is 0.606. The lowest BCUT2D eigenvalue weighted by Gasteiger charge is -2.08. The third kappa shape index (κ3) is 3.96. The number of rotatable bonds is 8. The maximum absolute atomic E-state index is 5.51. The fourth-order valence-corrected chi connectivity index (χ4v) is 1.95. The van der Waals surface area contributed by atoms with Crippen molar-refractivity contribution in [1.82, 2.24) is 10.3 Å². The van der Waals surface area contributed by atoms with E-state index in [9.17, 15) is 0 Å². The van der Waals surface area contributed by atoms with Gasteiger partial charge in [0.25, 0.3) is 0 Å². The second-order valence-electron chi connectivity index (χ2n) is 4.40. The van der Waals surface area contributed by atoms with Gasteiger partial charge in [0.1, 0.15) is 17.2 Å². The molecular weight excluding hydrogens is 272 g/mol. The molecule has 1 aromatic carbocycles. The van der Waals surface area contributed by atoms with Gasteiger partial charge in [0.05, 0.1) is 20.8 Å². The molecule has 0 aliphatic rings. The van der Waals surface area contributed by atoms with Gasteiger partial charge in [0, 0.05) is 31.8 Å². The Labute approximate surface area is 124 Å². The van der Waals surface area contributed by atoms with Crippen LogP contribution in [0.3, 0.4) is 0 Å². The monoisotopic (exact) mass is 292 g/mol. The van der Waals surface area contributed by atoms with Crippen LogP contribution in [0, 0.1) is 0 Å². The first kappa shape index (κ1) is 15.3. The van der Waals surface area contributed by atoms with Gasteiger partial charge in [0.2, 0.25) is 0 Å². The molecule has 0 fully saturated rings. The van der Waals surface area contributed by atoms with Crippen LogP contribution >= 0.6 is 0 Å². The summed E-state index contributed by atoms with van der Waals surface area (Å²) in [5.74, 6) is 2.12. The lowest BCUT2D eigenvalue weighted by molar-refractivity contribution is 0.199. The zero-order chi connectivity index (χ0) is 15.1. The summed E-state index contributed by atoms with van der Waals surface area (Å²) in [6.07, 6.45) is 1.44. The summed E-state index contributed by atoms with van der Waals surface area (Å²) >= 11 is 0. The number of aromatic nitrogens is 1. The van der Waals surface area contributed by atoms with Crippen LogP contribution in [0.15, 0.2) is 29.0 Å². The highest BCUT2D eigenvalue weighted by Gasteiger charge is 2.13. The molecule has 2 rings (SSSR count). The molecule has 2 aromatic rings. The summed E-state index contributed by atoms with van der Waals surface area (Å²) < 4.78 is 21.1. The SMILES string of the molecule is COCCNCc1ncoc1-c1cc(OC)cc(OC)c1. The van der Waals surface area contributed by atoms with Gasteiger partial charge in [-0.05, 0) is 12.1 Å². The highest BCUT2D eigenvalue weighted by molar-refractivity contribution is 5.64. The van der Waals surface area contributed by atoms with Gasteiger partial charge in [-0.15, -0.1) is 0 Å². The van der Waals surface area contributed by atoms with E-state index < -0.39 is 0 Å². The van der Waals surface area contributed by atoms with Crippen molar-refractivity contribution in [2.24, 2.45) is 0 Å². The molecule has 0 radical (unpaired) electrons. The third-order valence-electron chi connectivity index (χ3n) is 3.03. The summed E-state index contributed by atoms with van der Waals surface area (Å²) in [4.78, 5) is 4.25. The fraction of sp³-hybridized carbons (Fsp3) is 0.400. The van der Waals surface area contributed by atoms with E-state index in [-0.39, 0.29) is 0 Å². The molecule has 0 bridgehead atoms. The highest BCUT2D eigenvalue weighted by Crippen LogP contribution is 2.31. The number of nitrogens with one attached hydrogen (secondary N) is 1. The minimum Gasteiger partial charge on any atom is -0.497 e. The van der Waals surface area contributed by atoms with Crippen LogP contribution in [0.4, 0.5) is 0 Å². The number of ether oxygens (including phenoxy) is 3. The van der Waals surface area contributed by atoms with Crippen molar-refractivity contribution in [3.63, 3.8) is 0 Å². The first-order valence-corrected chi connectivity index (χ1v) is 6.64. The molecule has 1 aromatic heterocycles. The van der Waals surface area contributed by atoms with E-state index in [1.807, 2.05) is 18.2 Å². The molecule has 0 aliphatic carbocycles. The quantitative estimate of drug-likeness (QED) is 0.752. The van der Waals surface area contributed by atoms with Crippen molar-refractivity contribution in [2.75, 3.05) is 34.5 Å². The van der Waals surface area contributed by atoms with Crippen LogP contribution in [-0.2, 0) is 11.3 Å². The molecule has 6 nitrogen and oxygen atoms in total. The molecule has 0 atom stereocenters. The lowest BCUT2D eigenvalue weighted by atomic mass is 10.1. The molecule has 21 heavy (non-hydrogen) atoms. The topological polar surface area (TPSA) is 65.8 Å². The van der Waals surface area contributed by atoms with Crippen LogP contribution in [0.2, 0.25) is 0 Å². The van der Waals surface area contributed by atoms with Crippen LogP contribution in [0.1, 0.15) is 5.69 Å². The number of methoxy groups -OCH3 is 3. The molecule has 0 amide bonds. The van der Waals surface area contributed by atoms with Crippen molar-refractivity contribution in [1.29, 1.82) is 0 Å². The first-order chi connectivity index (χ1) is 10.3. The maximum Gasteiger partial charge on any atom is 0.181 e. The Hall–Kier alpha value is -2.05. The third-order valence-corrected chi connectivity index (χ3v) is 3.03. The van der Waals surface area contributed by atoms with E-state index >= 15 is 0 Å². The van der Waals surface area contributed by atoms with Crippen LogP contribution in [0.5, 0.6) is 11.5 Å². The van der Waals surface area contributed by atoms with Gasteiger partial charge < -0.3 is 23.9 Å². The van der Waals surface area contributed by atoms with E-state index in [2.05, 4.69) is 10.3 Å². The van der Waals surface area contributed by atoms with E-state index in [1.165, 1.54) is 6.39 Å².